The van der Waals surface area contributed by atoms with Gasteiger partial charge in [-0.3, -0.25) is 4.79 Å². The summed E-state index contributed by atoms with van der Waals surface area (Å²) in [5.41, 5.74) is 4.80. The quantitative estimate of drug-likeness (QED) is 0.310. The fraction of sp³-hybridized carbons (Fsp3) is 0.462. The van der Waals surface area contributed by atoms with Crippen molar-refractivity contribution in [2.75, 3.05) is 0 Å². The molecule has 156 valence electrons. The topological polar surface area (TPSA) is 43.4 Å². The SMILES string of the molecule is Cc1cc(C)c(C(C)(C)CC=O)c(OC(=O)C(C)c2ccc(CC(C)C)cc2)c1. The Hall–Kier alpha value is -2.42. The molecule has 0 bridgehead atoms. The molecule has 2 rings (SSSR count). The van der Waals surface area contributed by atoms with Gasteiger partial charge in [-0.1, -0.05) is 58.0 Å². The van der Waals surface area contributed by atoms with Crippen LogP contribution in [0, 0.1) is 19.8 Å². The van der Waals surface area contributed by atoms with Crippen LogP contribution in [-0.4, -0.2) is 12.3 Å². The van der Waals surface area contributed by atoms with Gasteiger partial charge in [-0.15, -0.1) is 0 Å². The van der Waals surface area contributed by atoms with Gasteiger partial charge in [0, 0.05) is 17.4 Å². The molecule has 2 aromatic carbocycles. The van der Waals surface area contributed by atoms with E-state index >= 15 is 0 Å². The molecule has 1 unspecified atom stereocenters. The molecule has 3 nitrogen and oxygen atoms in total. The molecule has 0 radical (unpaired) electrons. The van der Waals surface area contributed by atoms with Crippen LogP contribution in [0.1, 0.15) is 74.8 Å². The van der Waals surface area contributed by atoms with Crippen molar-refractivity contribution >= 4 is 12.3 Å². The van der Waals surface area contributed by atoms with E-state index in [9.17, 15) is 9.59 Å². The fourth-order valence-corrected chi connectivity index (χ4v) is 3.93. The Kier molecular flexibility index (Phi) is 7.40. The third kappa shape index (κ3) is 5.79. The summed E-state index contributed by atoms with van der Waals surface area (Å²) in [4.78, 5) is 24.1. The first-order valence-electron chi connectivity index (χ1n) is 10.4. The van der Waals surface area contributed by atoms with Gasteiger partial charge in [0.15, 0.2) is 0 Å². The molecular formula is C26H34O3. The lowest BCUT2D eigenvalue weighted by Crippen LogP contribution is -2.23. The van der Waals surface area contributed by atoms with E-state index in [-0.39, 0.29) is 11.9 Å². The van der Waals surface area contributed by atoms with Crippen molar-refractivity contribution in [2.45, 2.75) is 72.6 Å². The summed E-state index contributed by atoms with van der Waals surface area (Å²) in [5.74, 6) is 0.504. The number of rotatable bonds is 8. The largest absolute Gasteiger partial charge is 0.426 e. The Labute approximate surface area is 175 Å². The summed E-state index contributed by atoms with van der Waals surface area (Å²) in [5, 5.41) is 0. The summed E-state index contributed by atoms with van der Waals surface area (Å²) in [7, 11) is 0. The highest BCUT2D eigenvalue weighted by molar-refractivity contribution is 5.80. The van der Waals surface area contributed by atoms with Crippen LogP contribution in [0.3, 0.4) is 0 Å². The maximum atomic E-state index is 12.9. The van der Waals surface area contributed by atoms with Crippen LogP contribution >= 0.6 is 0 Å². The number of aryl methyl sites for hydroxylation is 2. The molecule has 0 aliphatic rings. The minimum Gasteiger partial charge on any atom is -0.426 e. The standard InChI is InChI=1S/C26H34O3/c1-17(2)14-21-8-10-22(11-9-21)20(5)25(28)29-23-16-18(3)15-19(4)24(23)26(6,7)12-13-27/h8-11,13,15-17,20H,12,14H2,1-7H3. The van der Waals surface area contributed by atoms with Crippen LogP contribution in [0.15, 0.2) is 36.4 Å². The lowest BCUT2D eigenvalue weighted by molar-refractivity contribution is -0.135. The highest BCUT2D eigenvalue weighted by Crippen LogP contribution is 2.38. The summed E-state index contributed by atoms with van der Waals surface area (Å²) in [6, 6.07) is 12.2. The van der Waals surface area contributed by atoms with Crippen LogP contribution in [-0.2, 0) is 21.4 Å². The first kappa shape index (κ1) is 22.9. The van der Waals surface area contributed by atoms with Gasteiger partial charge in [-0.05, 0) is 61.4 Å². The van der Waals surface area contributed by atoms with E-state index in [4.69, 9.17) is 4.74 Å². The maximum absolute atomic E-state index is 12.9. The molecule has 1 atom stereocenters. The van der Waals surface area contributed by atoms with Gasteiger partial charge in [0.05, 0.1) is 5.92 Å². The third-order valence-electron chi connectivity index (χ3n) is 5.40. The Morgan fingerprint density at radius 2 is 1.69 bits per heavy atom. The zero-order valence-corrected chi connectivity index (χ0v) is 18.8. The van der Waals surface area contributed by atoms with E-state index in [0.29, 0.717) is 18.1 Å². The van der Waals surface area contributed by atoms with Crippen LogP contribution in [0.25, 0.3) is 0 Å². The number of esters is 1. The van der Waals surface area contributed by atoms with E-state index in [1.54, 1.807) is 0 Å². The minimum absolute atomic E-state index is 0.283. The monoisotopic (exact) mass is 394 g/mol. The maximum Gasteiger partial charge on any atom is 0.318 e. The molecule has 0 N–H and O–H groups in total. The molecule has 0 spiro atoms. The normalized spacial score (nSPS) is 12.7. The number of hydrogen-bond acceptors (Lipinski definition) is 3. The Morgan fingerprint density at radius 3 is 2.24 bits per heavy atom. The lowest BCUT2D eigenvalue weighted by Gasteiger charge is -2.28. The van der Waals surface area contributed by atoms with Crippen molar-refractivity contribution in [3.05, 3.63) is 64.2 Å². The second-order valence-corrected chi connectivity index (χ2v) is 9.19. The fourth-order valence-electron chi connectivity index (χ4n) is 3.93. The summed E-state index contributed by atoms with van der Waals surface area (Å²) in [6.45, 7) is 14.3. The second-order valence-electron chi connectivity index (χ2n) is 9.19. The molecule has 0 aliphatic carbocycles. The van der Waals surface area contributed by atoms with Crippen LogP contribution < -0.4 is 4.74 Å². The van der Waals surface area contributed by atoms with E-state index in [0.717, 1.165) is 35.0 Å². The second kappa shape index (κ2) is 9.39. The number of carbonyl (C=O) groups excluding carboxylic acids is 2. The first-order valence-corrected chi connectivity index (χ1v) is 10.4. The summed E-state index contributed by atoms with van der Waals surface area (Å²) in [6.07, 6.45) is 2.32. The van der Waals surface area contributed by atoms with E-state index in [1.807, 2.05) is 52.8 Å². The van der Waals surface area contributed by atoms with Gasteiger partial charge in [0.25, 0.3) is 0 Å². The van der Waals surface area contributed by atoms with Gasteiger partial charge in [-0.2, -0.15) is 0 Å². The average Bonchev–Trinajstić information content (AvgIpc) is 2.60. The van der Waals surface area contributed by atoms with Gasteiger partial charge >= 0.3 is 5.97 Å². The molecule has 3 heteroatoms. The van der Waals surface area contributed by atoms with Gasteiger partial charge in [0.1, 0.15) is 12.0 Å². The molecule has 0 heterocycles. The zero-order valence-electron chi connectivity index (χ0n) is 18.8. The van der Waals surface area contributed by atoms with Crippen molar-refractivity contribution < 1.29 is 14.3 Å². The van der Waals surface area contributed by atoms with Crippen LogP contribution in [0.4, 0.5) is 0 Å². The zero-order chi connectivity index (χ0) is 21.8. The van der Waals surface area contributed by atoms with Crippen LogP contribution in [0.5, 0.6) is 5.75 Å². The number of aldehydes is 1. The molecule has 0 fully saturated rings. The van der Waals surface area contributed by atoms with Gasteiger partial charge in [0.2, 0.25) is 0 Å². The number of carbonyl (C=O) groups is 2. The third-order valence-corrected chi connectivity index (χ3v) is 5.40. The van der Waals surface area contributed by atoms with Crippen molar-refractivity contribution in [2.24, 2.45) is 5.92 Å². The van der Waals surface area contributed by atoms with Gasteiger partial charge in [-0.25, -0.2) is 0 Å². The Bertz CT molecular complexity index is 860. The van der Waals surface area contributed by atoms with E-state index in [2.05, 4.69) is 32.0 Å². The molecule has 0 aliphatic heterocycles. The molecule has 0 amide bonds. The van der Waals surface area contributed by atoms with Crippen molar-refractivity contribution in [3.63, 3.8) is 0 Å². The Morgan fingerprint density at radius 1 is 1.07 bits per heavy atom. The highest BCUT2D eigenvalue weighted by Gasteiger charge is 2.28. The smallest absolute Gasteiger partial charge is 0.318 e. The molecule has 0 saturated carbocycles. The number of hydrogen-bond donors (Lipinski definition) is 0. The molecule has 0 saturated heterocycles. The lowest BCUT2D eigenvalue weighted by atomic mass is 9.78. The molecule has 2 aromatic rings. The van der Waals surface area contributed by atoms with Crippen LogP contribution in [0.2, 0.25) is 0 Å². The predicted octanol–water partition coefficient (Wildman–Crippen LogP) is 6.08. The van der Waals surface area contributed by atoms with Crippen molar-refractivity contribution in [1.82, 2.24) is 0 Å². The Balaban J connectivity index is 2.29. The minimum atomic E-state index is -0.406. The van der Waals surface area contributed by atoms with E-state index < -0.39 is 5.41 Å². The average molecular weight is 395 g/mol. The summed E-state index contributed by atoms with van der Waals surface area (Å²) < 4.78 is 5.90. The molecule has 29 heavy (non-hydrogen) atoms. The van der Waals surface area contributed by atoms with Crippen molar-refractivity contribution in [1.29, 1.82) is 0 Å². The number of ether oxygens (including phenoxy) is 1. The molecular weight excluding hydrogens is 360 g/mol. The first-order chi connectivity index (χ1) is 13.5. The highest BCUT2D eigenvalue weighted by atomic mass is 16.5. The molecule has 0 aromatic heterocycles. The van der Waals surface area contributed by atoms with Crippen molar-refractivity contribution in [3.8, 4) is 5.75 Å². The predicted molar refractivity (Wildman–Crippen MR) is 119 cm³/mol. The summed E-state index contributed by atoms with van der Waals surface area (Å²) >= 11 is 0. The van der Waals surface area contributed by atoms with Gasteiger partial charge < -0.3 is 9.53 Å². The van der Waals surface area contributed by atoms with E-state index in [1.165, 1.54) is 5.56 Å². The number of benzene rings is 2.